The SMILES string of the molecule is O=c1[nH]c(/C=C/c2c[nH]c3ccccc23)nc2ccccc12. The first-order chi connectivity index (χ1) is 10.8. The van der Waals surface area contributed by atoms with Gasteiger partial charge in [-0.1, -0.05) is 30.3 Å². The van der Waals surface area contributed by atoms with Gasteiger partial charge in [-0.25, -0.2) is 4.98 Å². The van der Waals surface area contributed by atoms with Gasteiger partial charge in [0.25, 0.3) is 5.56 Å². The van der Waals surface area contributed by atoms with Gasteiger partial charge in [-0.05, 0) is 35.9 Å². The Morgan fingerprint density at radius 3 is 2.59 bits per heavy atom. The molecule has 0 radical (unpaired) electrons. The molecule has 2 N–H and O–H groups in total. The van der Waals surface area contributed by atoms with Crippen LogP contribution in [0, 0.1) is 0 Å². The number of benzene rings is 2. The molecular weight excluding hydrogens is 274 g/mol. The summed E-state index contributed by atoms with van der Waals surface area (Å²) in [6.07, 6.45) is 5.72. The van der Waals surface area contributed by atoms with E-state index >= 15 is 0 Å². The van der Waals surface area contributed by atoms with Gasteiger partial charge in [0, 0.05) is 17.1 Å². The Labute approximate surface area is 126 Å². The van der Waals surface area contributed by atoms with Crippen molar-refractivity contribution in [3.05, 3.63) is 76.5 Å². The number of aromatic nitrogens is 3. The number of nitrogens with one attached hydrogen (secondary N) is 2. The standard InChI is InChI=1S/C18H13N3O/c22-18-14-6-2-4-8-16(14)20-17(21-18)10-9-12-11-19-15-7-3-1-5-13(12)15/h1-11,19H,(H,20,21,22)/b10-9+. The van der Waals surface area contributed by atoms with Crippen LogP contribution in [-0.2, 0) is 0 Å². The van der Waals surface area contributed by atoms with Gasteiger partial charge in [0.15, 0.2) is 0 Å². The van der Waals surface area contributed by atoms with Crippen molar-refractivity contribution >= 4 is 34.0 Å². The Morgan fingerprint density at radius 2 is 1.68 bits per heavy atom. The molecule has 0 spiro atoms. The molecule has 4 aromatic rings. The number of hydrogen-bond acceptors (Lipinski definition) is 2. The molecule has 4 rings (SSSR count). The summed E-state index contributed by atoms with van der Waals surface area (Å²) in [6.45, 7) is 0. The number of nitrogens with zero attached hydrogens (tertiary/aromatic N) is 1. The topological polar surface area (TPSA) is 61.5 Å². The van der Waals surface area contributed by atoms with Gasteiger partial charge >= 0.3 is 0 Å². The first-order valence-corrected chi connectivity index (χ1v) is 7.04. The molecule has 22 heavy (non-hydrogen) atoms. The number of rotatable bonds is 2. The Kier molecular flexibility index (Phi) is 2.86. The second-order valence-corrected chi connectivity index (χ2v) is 5.09. The van der Waals surface area contributed by atoms with Crippen molar-refractivity contribution in [3.8, 4) is 0 Å². The zero-order chi connectivity index (χ0) is 14.9. The Hall–Kier alpha value is -3.14. The minimum absolute atomic E-state index is 0.121. The third-order valence-corrected chi connectivity index (χ3v) is 3.67. The van der Waals surface area contributed by atoms with Crippen LogP contribution in [0.1, 0.15) is 11.4 Å². The number of H-pyrrole nitrogens is 2. The molecule has 2 aromatic heterocycles. The van der Waals surface area contributed by atoms with Crippen LogP contribution in [0.4, 0.5) is 0 Å². The summed E-state index contributed by atoms with van der Waals surface area (Å²) >= 11 is 0. The van der Waals surface area contributed by atoms with Crippen LogP contribution in [0.25, 0.3) is 34.0 Å². The van der Waals surface area contributed by atoms with Crippen molar-refractivity contribution in [2.75, 3.05) is 0 Å². The zero-order valence-corrected chi connectivity index (χ0v) is 11.7. The molecule has 0 saturated heterocycles. The summed E-state index contributed by atoms with van der Waals surface area (Å²) in [6, 6.07) is 15.4. The average molecular weight is 287 g/mol. The van der Waals surface area contributed by atoms with Crippen LogP contribution in [0.15, 0.2) is 59.5 Å². The van der Waals surface area contributed by atoms with Crippen molar-refractivity contribution in [1.82, 2.24) is 15.0 Å². The molecule has 0 bridgehead atoms. The predicted octanol–water partition coefficient (Wildman–Crippen LogP) is 3.57. The summed E-state index contributed by atoms with van der Waals surface area (Å²) in [4.78, 5) is 22.5. The second kappa shape index (κ2) is 5.00. The Balaban J connectivity index is 1.78. The molecule has 2 aromatic carbocycles. The van der Waals surface area contributed by atoms with Crippen LogP contribution in [-0.4, -0.2) is 15.0 Å². The molecule has 0 aliphatic heterocycles. The van der Waals surface area contributed by atoms with Gasteiger partial charge in [-0.3, -0.25) is 4.79 Å². The van der Waals surface area contributed by atoms with Crippen molar-refractivity contribution in [2.24, 2.45) is 0 Å². The molecule has 0 aliphatic carbocycles. The first-order valence-electron chi connectivity index (χ1n) is 7.04. The van der Waals surface area contributed by atoms with E-state index in [2.05, 4.69) is 21.0 Å². The average Bonchev–Trinajstić information content (AvgIpc) is 2.96. The number of fused-ring (bicyclic) bond motifs is 2. The lowest BCUT2D eigenvalue weighted by Gasteiger charge is -1.98. The maximum atomic E-state index is 12.0. The van der Waals surface area contributed by atoms with Gasteiger partial charge in [0.05, 0.1) is 10.9 Å². The number of para-hydroxylation sites is 2. The van der Waals surface area contributed by atoms with E-state index in [0.717, 1.165) is 16.5 Å². The largest absolute Gasteiger partial charge is 0.361 e. The predicted molar refractivity (Wildman–Crippen MR) is 89.6 cm³/mol. The smallest absolute Gasteiger partial charge is 0.259 e. The summed E-state index contributed by atoms with van der Waals surface area (Å²) < 4.78 is 0. The Bertz CT molecular complexity index is 1060. The van der Waals surface area contributed by atoms with E-state index in [1.54, 1.807) is 6.07 Å². The summed E-state index contributed by atoms with van der Waals surface area (Å²) in [5.74, 6) is 0.550. The van der Waals surface area contributed by atoms with Gasteiger partial charge < -0.3 is 9.97 Å². The fourth-order valence-corrected chi connectivity index (χ4v) is 2.58. The molecule has 0 saturated carbocycles. The summed E-state index contributed by atoms with van der Waals surface area (Å²) in [5, 5.41) is 1.74. The van der Waals surface area contributed by atoms with E-state index in [4.69, 9.17) is 0 Å². The molecule has 0 unspecified atom stereocenters. The highest BCUT2D eigenvalue weighted by atomic mass is 16.1. The van der Waals surface area contributed by atoms with Gasteiger partial charge in [0.2, 0.25) is 0 Å². The van der Waals surface area contributed by atoms with E-state index in [-0.39, 0.29) is 5.56 Å². The minimum Gasteiger partial charge on any atom is -0.361 e. The zero-order valence-electron chi connectivity index (χ0n) is 11.7. The van der Waals surface area contributed by atoms with E-state index in [9.17, 15) is 4.79 Å². The molecule has 4 nitrogen and oxygen atoms in total. The maximum absolute atomic E-state index is 12.0. The Morgan fingerprint density at radius 1 is 0.909 bits per heavy atom. The molecule has 4 heteroatoms. The molecule has 0 aliphatic rings. The van der Waals surface area contributed by atoms with Gasteiger partial charge in [-0.2, -0.15) is 0 Å². The van der Waals surface area contributed by atoms with Gasteiger partial charge in [0.1, 0.15) is 5.82 Å². The van der Waals surface area contributed by atoms with E-state index in [1.807, 2.05) is 54.7 Å². The normalized spacial score (nSPS) is 11.6. The highest BCUT2D eigenvalue weighted by Crippen LogP contribution is 2.19. The highest BCUT2D eigenvalue weighted by Gasteiger charge is 2.02. The molecule has 0 amide bonds. The van der Waals surface area contributed by atoms with Crippen LogP contribution >= 0.6 is 0 Å². The van der Waals surface area contributed by atoms with Crippen molar-refractivity contribution in [3.63, 3.8) is 0 Å². The summed E-state index contributed by atoms with van der Waals surface area (Å²) in [5.41, 5.74) is 2.72. The quantitative estimate of drug-likeness (QED) is 0.592. The third kappa shape index (κ3) is 2.11. The molecule has 106 valence electrons. The lowest BCUT2D eigenvalue weighted by molar-refractivity contribution is 1.14. The number of hydrogen-bond donors (Lipinski definition) is 2. The fraction of sp³-hybridized carbons (Fsp3) is 0. The highest BCUT2D eigenvalue weighted by molar-refractivity contribution is 5.91. The summed E-state index contributed by atoms with van der Waals surface area (Å²) in [7, 11) is 0. The molecular formula is C18H13N3O. The molecule has 0 atom stereocenters. The third-order valence-electron chi connectivity index (χ3n) is 3.67. The fourth-order valence-electron chi connectivity index (χ4n) is 2.58. The monoisotopic (exact) mass is 287 g/mol. The van der Waals surface area contributed by atoms with Crippen molar-refractivity contribution in [1.29, 1.82) is 0 Å². The van der Waals surface area contributed by atoms with Crippen LogP contribution in [0.3, 0.4) is 0 Å². The number of aromatic amines is 2. The van der Waals surface area contributed by atoms with E-state index in [0.29, 0.717) is 16.7 Å². The molecule has 2 heterocycles. The van der Waals surface area contributed by atoms with Crippen LogP contribution in [0.5, 0.6) is 0 Å². The first kappa shape index (κ1) is 12.6. The maximum Gasteiger partial charge on any atom is 0.259 e. The van der Waals surface area contributed by atoms with Gasteiger partial charge in [-0.15, -0.1) is 0 Å². The van der Waals surface area contributed by atoms with Crippen molar-refractivity contribution in [2.45, 2.75) is 0 Å². The second-order valence-electron chi connectivity index (χ2n) is 5.09. The molecule has 0 fully saturated rings. The lowest BCUT2D eigenvalue weighted by atomic mass is 10.1. The lowest BCUT2D eigenvalue weighted by Crippen LogP contribution is -2.09. The van der Waals surface area contributed by atoms with E-state index in [1.165, 1.54) is 0 Å². The van der Waals surface area contributed by atoms with Crippen LogP contribution < -0.4 is 5.56 Å². The van der Waals surface area contributed by atoms with Crippen molar-refractivity contribution < 1.29 is 0 Å². The van der Waals surface area contributed by atoms with Crippen LogP contribution in [0.2, 0.25) is 0 Å². The minimum atomic E-state index is -0.121. The van der Waals surface area contributed by atoms with E-state index < -0.39 is 0 Å².